The van der Waals surface area contributed by atoms with Crippen molar-refractivity contribution in [3.05, 3.63) is 29.8 Å². The number of nitrogens with zero attached hydrogens (tertiary/aromatic N) is 1. The van der Waals surface area contributed by atoms with Gasteiger partial charge in [-0.3, -0.25) is 15.5 Å². The van der Waals surface area contributed by atoms with E-state index in [1.807, 2.05) is 12.1 Å². The monoisotopic (exact) mass is 260 g/mol. The van der Waals surface area contributed by atoms with Gasteiger partial charge < -0.3 is 10.7 Å². The number of nitrogen functional groups attached to an aromatic ring is 1. The van der Waals surface area contributed by atoms with Crippen LogP contribution in [0.4, 0.5) is 5.69 Å². The molecule has 1 aromatic carbocycles. The Hall–Kier alpha value is -1.59. The zero-order valence-electron chi connectivity index (χ0n) is 10.9. The van der Waals surface area contributed by atoms with Crippen LogP contribution in [-0.4, -0.2) is 36.0 Å². The van der Waals surface area contributed by atoms with Crippen molar-refractivity contribution in [2.75, 3.05) is 18.5 Å². The van der Waals surface area contributed by atoms with E-state index < -0.39 is 0 Å². The largest absolute Gasteiger partial charge is 0.348 e. The first-order valence-corrected chi connectivity index (χ1v) is 6.89. The Kier molecular flexibility index (Phi) is 3.40. The quantitative estimate of drug-likeness (QED) is 0.559. The standard InChI is InChI=1S/C14H20N4O/c15-17-11-5-3-10(4-6-11)14(19)16-12-7-9-18-8-1-2-13(12)18/h3-6,12-13,17H,1-2,7-9,15H2,(H,16,19). The second-order valence-corrected chi connectivity index (χ2v) is 5.34. The lowest BCUT2D eigenvalue weighted by molar-refractivity contribution is 0.0929. The number of hydrogen-bond donors (Lipinski definition) is 3. The van der Waals surface area contributed by atoms with E-state index in [0.29, 0.717) is 17.6 Å². The summed E-state index contributed by atoms with van der Waals surface area (Å²) in [6.45, 7) is 2.31. The van der Waals surface area contributed by atoms with Crippen molar-refractivity contribution in [3.8, 4) is 0 Å². The van der Waals surface area contributed by atoms with Gasteiger partial charge in [0.2, 0.25) is 0 Å². The van der Waals surface area contributed by atoms with Gasteiger partial charge in [0.05, 0.1) is 0 Å². The van der Waals surface area contributed by atoms with Crippen LogP contribution < -0.4 is 16.6 Å². The van der Waals surface area contributed by atoms with Crippen LogP contribution in [0.1, 0.15) is 29.6 Å². The molecule has 5 nitrogen and oxygen atoms in total. The molecule has 0 aromatic heterocycles. The maximum Gasteiger partial charge on any atom is 0.251 e. The minimum atomic E-state index is 0.0160. The maximum atomic E-state index is 12.2. The van der Waals surface area contributed by atoms with E-state index in [1.54, 1.807) is 12.1 Å². The van der Waals surface area contributed by atoms with Gasteiger partial charge in [-0.1, -0.05) is 0 Å². The molecule has 2 heterocycles. The average molecular weight is 260 g/mol. The van der Waals surface area contributed by atoms with Crippen LogP contribution >= 0.6 is 0 Å². The molecule has 1 aromatic rings. The van der Waals surface area contributed by atoms with E-state index in [9.17, 15) is 4.79 Å². The molecule has 2 atom stereocenters. The Bertz CT molecular complexity index is 459. The summed E-state index contributed by atoms with van der Waals surface area (Å²) in [7, 11) is 0. The molecule has 4 N–H and O–H groups in total. The molecule has 2 aliphatic rings. The molecular weight excluding hydrogens is 240 g/mol. The summed E-state index contributed by atoms with van der Waals surface area (Å²) in [5.41, 5.74) is 4.05. The van der Waals surface area contributed by atoms with Crippen molar-refractivity contribution in [2.24, 2.45) is 5.84 Å². The van der Waals surface area contributed by atoms with E-state index in [-0.39, 0.29) is 5.91 Å². The third kappa shape index (κ3) is 2.43. The molecule has 2 fully saturated rings. The molecule has 1 amide bonds. The van der Waals surface area contributed by atoms with Gasteiger partial charge in [0, 0.05) is 29.9 Å². The summed E-state index contributed by atoms with van der Waals surface area (Å²) < 4.78 is 0. The summed E-state index contributed by atoms with van der Waals surface area (Å²) >= 11 is 0. The van der Waals surface area contributed by atoms with Crippen molar-refractivity contribution in [2.45, 2.75) is 31.3 Å². The second-order valence-electron chi connectivity index (χ2n) is 5.34. The van der Waals surface area contributed by atoms with Crippen molar-refractivity contribution in [3.63, 3.8) is 0 Å². The number of amides is 1. The number of rotatable bonds is 3. The van der Waals surface area contributed by atoms with Crippen molar-refractivity contribution < 1.29 is 4.79 Å². The van der Waals surface area contributed by atoms with Crippen LogP contribution in [0.3, 0.4) is 0 Å². The van der Waals surface area contributed by atoms with Crippen LogP contribution in [0.15, 0.2) is 24.3 Å². The van der Waals surface area contributed by atoms with Crippen LogP contribution in [0.2, 0.25) is 0 Å². The number of nitrogens with two attached hydrogens (primary N) is 1. The van der Waals surface area contributed by atoms with Gasteiger partial charge in [-0.25, -0.2) is 0 Å². The van der Waals surface area contributed by atoms with Gasteiger partial charge in [0.1, 0.15) is 0 Å². The second kappa shape index (κ2) is 5.19. The first-order chi connectivity index (χ1) is 9.28. The fourth-order valence-corrected chi connectivity index (χ4v) is 3.22. The van der Waals surface area contributed by atoms with Crippen LogP contribution in [0.5, 0.6) is 0 Å². The highest BCUT2D eigenvalue weighted by atomic mass is 16.1. The topological polar surface area (TPSA) is 70.4 Å². The number of nitrogens with one attached hydrogen (secondary N) is 2. The van der Waals surface area contributed by atoms with Crippen LogP contribution in [0, 0.1) is 0 Å². The molecule has 0 spiro atoms. The molecule has 0 bridgehead atoms. The predicted molar refractivity (Wildman–Crippen MR) is 74.7 cm³/mol. The number of carbonyl (C=O) groups excluding carboxylic acids is 1. The number of carbonyl (C=O) groups is 1. The van der Waals surface area contributed by atoms with Gasteiger partial charge in [-0.05, 0) is 50.1 Å². The van der Waals surface area contributed by atoms with Gasteiger partial charge in [-0.15, -0.1) is 0 Å². The highest BCUT2D eigenvalue weighted by Crippen LogP contribution is 2.28. The highest BCUT2D eigenvalue weighted by molar-refractivity contribution is 5.94. The normalized spacial score (nSPS) is 26.2. The predicted octanol–water partition coefficient (Wildman–Crippen LogP) is 0.939. The van der Waals surface area contributed by atoms with Crippen LogP contribution in [-0.2, 0) is 0 Å². The third-order valence-corrected chi connectivity index (χ3v) is 4.24. The first kappa shape index (κ1) is 12.4. The lowest BCUT2D eigenvalue weighted by atomic mass is 10.1. The van der Waals surface area contributed by atoms with Gasteiger partial charge >= 0.3 is 0 Å². The lowest BCUT2D eigenvalue weighted by Gasteiger charge is -2.21. The third-order valence-electron chi connectivity index (χ3n) is 4.24. The average Bonchev–Trinajstić information content (AvgIpc) is 3.04. The maximum absolute atomic E-state index is 12.2. The van der Waals surface area contributed by atoms with Crippen molar-refractivity contribution >= 4 is 11.6 Å². The summed E-state index contributed by atoms with van der Waals surface area (Å²) in [5, 5.41) is 3.17. The number of hydrazine groups is 1. The molecule has 2 saturated heterocycles. The first-order valence-electron chi connectivity index (χ1n) is 6.89. The Balaban J connectivity index is 1.64. The molecule has 2 unspecified atom stereocenters. The molecule has 0 radical (unpaired) electrons. The Labute approximate surface area is 113 Å². The van der Waals surface area contributed by atoms with E-state index in [1.165, 1.54) is 19.4 Å². The molecule has 5 heteroatoms. The van der Waals surface area contributed by atoms with Crippen molar-refractivity contribution in [1.29, 1.82) is 0 Å². The fourth-order valence-electron chi connectivity index (χ4n) is 3.22. The Morgan fingerprint density at radius 1 is 1.21 bits per heavy atom. The van der Waals surface area contributed by atoms with E-state index in [0.717, 1.165) is 18.7 Å². The summed E-state index contributed by atoms with van der Waals surface area (Å²) in [5.74, 6) is 5.33. The smallest absolute Gasteiger partial charge is 0.251 e. The zero-order valence-corrected chi connectivity index (χ0v) is 10.9. The molecule has 3 rings (SSSR count). The Morgan fingerprint density at radius 3 is 2.74 bits per heavy atom. The number of hydrogen-bond acceptors (Lipinski definition) is 4. The van der Waals surface area contributed by atoms with Gasteiger partial charge in [0.15, 0.2) is 0 Å². The zero-order chi connectivity index (χ0) is 13.2. The minimum absolute atomic E-state index is 0.0160. The van der Waals surface area contributed by atoms with Crippen LogP contribution in [0.25, 0.3) is 0 Å². The van der Waals surface area contributed by atoms with E-state index in [4.69, 9.17) is 5.84 Å². The molecule has 0 aliphatic carbocycles. The summed E-state index contributed by atoms with van der Waals surface area (Å²) in [6, 6.07) is 8.07. The van der Waals surface area contributed by atoms with Crippen molar-refractivity contribution in [1.82, 2.24) is 10.2 Å². The SMILES string of the molecule is NNc1ccc(C(=O)NC2CCN3CCCC23)cc1. The summed E-state index contributed by atoms with van der Waals surface area (Å²) in [4.78, 5) is 14.7. The summed E-state index contributed by atoms with van der Waals surface area (Å²) in [6.07, 6.45) is 3.54. The number of fused-ring (bicyclic) bond motifs is 1. The van der Waals surface area contributed by atoms with E-state index in [2.05, 4.69) is 15.6 Å². The minimum Gasteiger partial charge on any atom is -0.348 e. The van der Waals surface area contributed by atoms with E-state index >= 15 is 0 Å². The molecule has 2 aliphatic heterocycles. The number of benzene rings is 1. The molecule has 19 heavy (non-hydrogen) atoms. The highest BCUT2D eigenvalue weighted by Gasteiger charge is 2.37. The fraction of sp³-hybridized carbons (Fsp3) is 0.500. The lowest BCUT2D eigenvalue weighted by Crippen LogP contribution is -2.42. The molecule has 0 saturated carbocycles. The van der Waals surface area contributed by atoms with Gasteiger partial charge in [-0.2, -0.15) is 0 Å². The Morgan fingerprint density at radius 2 is 2.00 bits per heavy atom. The van der Waals surface area contributed by atoms with Gasteiger partial charge in [0.25, 0.3) is 5.91 Å². The molecule has 102 valence electrons. The molecular formula is C14H20N4O. The number of anilines is 1.